The van der Waals surface area contributed by atoms with Gasteiger partial charge in [-0.3, -0.25) is 0 Å². The fraction of sp³-hybridized carbons (Fsp3) is 0.333. The van der Waals surface area contributed by atoms with E-state index in [9.17, 15) is 13.2 Å². The van der Waals surface area contributed by atoms with E-state index in [0.29, 0.717) is 23.3 Å². The summed E-state index contributed by atoms with van der Waals surface area (Å²) in [7, 11) is 0. The first-order valence-corrected chi connectivity index (χ1v) is 7.61. The highest BCUT2D eigenvalue weighted by molar-refractivity contribution is 6.03. The lowest BCUT2D eigenvalue weighted by Gasteiger charge is -2.31. The van der Waals surface area contributed by atoms with Gasteiger partial charge < -0.3 is 4.74 Å². The van der Waals surface area contributed by atoms with E-state index in [2.05, 4.69) is 0 Å². The van der Waals surface area contributed by atoms with Crippen molar-refractivity contribution in [2.24, 2.45) is 0 Å². The molecule has 1 nitrogen and oxygen atoms in total. The average molecular weight is 304 g/mol. The van der Waals surface area contributed by atoms with Gasteiger partial charge >= 0.3 is 0 Å². The van der Waals surface area contributed by atoms with Crippen LogP contribution in [0.25, 0.3) is 22.3 Å². The number of halogens is 3. The molecule has 114 valence electrons. The molecule has 0 spiro atoms. The van der Waals surface area contributed by atoms with E-state index < -0.39 is 17.5 Å². The van der Waals surface area contributed by atoms with Gasteiger partial charge in [-0.15, -0.1) is 0 Å². The summed E-state index contributed by atoms with van der Waals surface area (Å²) >= 11 is 0. The lowest BCUT2D eigenvalue weighted by molar-refractivity contribution is 0.322. The molecule has 0 amide bonds. The average Bonchev–Trinajstić information content (AvgIpc) is 2.43. The lowest BCUT2D eigenvalue weighted by atomic mass is 9.74. The van der Waals surface area contributed by atoms with Crippen LogP contribution in [-0.4, -0.2) is 6.61 Å². The van der Waals surface area contributed by atoms with Crippen LogP contribution in [0.15, 0.2) is 18.2 Å². The molecule has 2 aromatic rings. The number of ether oxygens (including phenoxy) is 1. The van der Waals surface area contributed by atoms with Gasteiger partial charge in [-0.25, -0.2) is 13.2 Å². The first kappa shape index (κ1) is 13.7. The Bertz CT molecular complexity index is 779. The van der Waals surface area contributed by atoms with Crippen molar-refractivity contribution in [3.63, 3.8) is 0 Å². The number of hydrogen-bond donors (Lipinski definition) is 0. The first-order valence-electron chi connectivity index (χ1n) is 7.61. The molecule has 1 saturated carbocycles. The van der Waals surface area contributed by atoms with Crippen LogP contribution in [0.3, 0.4) is 0 Å². The summed E-state index contributed by atoms with van der Waals surface area (Å²) in [5.41, 5.74) is 1.86. The fourth-order valence-corrected chi connectivity index (χ4v) is 3.35. The van der Waals surface area contributed by atoms with Crippen molar-refractivity contribution in [2.75, 3.05) is 6.61 Å². The minimum absolute atomic E-state index is 0.0506. The van der Waals surface area contributed by atoms with Gasteiger partial charge in [0.25, 0.3) is 0 Å². The second-order valence-electron chi connectivity index (χ2n) is 5.88. The van der Waals surface area contributed by atoms with Crippen LogP contribution in [0.4, 0.5) is 13.2 Å². The van der Waals surface area contributed by atoms with Crippen molar-refractivity contribution < 1.29 is 17.9 Å². The Morgan fingerprint density at radius 1 is 1.00 bits per heavy atom. The first-order chi connectivity index (χ1) is 10.6. The number of rotatable bonds is 3. The van der Waals surface area contributed by atoms with Crippen molar-refractivity contribution in [3.05, 3.63) is 41.2 Å². The van der Waals surface area contributed by atoms with Crippen LogP contribution in [0, 0.1) is 17.5 Å². The highest BCUT2D eigenvalue weighted by Gasteiger charge is 2.36. The largest absolute Gasteiger partial charge is 0.491 e. The molecule has 0 N–H and O–H groups in total. The van der Waals surface area contributed by atoms with E-state index in [1.54, 1.807) is 25.1 Å². The lowest BCUT2D eigenvalue weighted by Crippen LogP contribution is -2.15. The molecule has 0 aliphatic heterocycles. The van der Waals surface area contributed by atoms with E-state index in [0.717, 1.165) is 19.3 Å². The summed E-state index contributed by atoms with van der Waals surface area (Å²) in [4.78, 5) is 0. The van der Waals surface area contributed by atoms with Gasteiger partial charge in [0.1, 0.15) is 0 Å². The number of hydrogen-bond acceptors (Lipinski definition) is 1. The molecule has 0 saturated heterocycles. The zero-order valence-electron chi connectivity index (χ0n) is 12.2. The maximum Gasteiger partial charge on any atom is 0.173 e. The highest BCUT2D eigenvalue weighted by Crippen LogP contribution is 2.54. The summed E-state index contributed by atoms with van der Waals surface area (Å²) in [5, 5.41) is 0. The maximum atomic E-state index is 14.4. The molecule has 0 bridgehead atoms. The Morgan fingerprint density at radius 2 is 1.73 bits per heavy atom. The molecule has 0 radical (unpaired) electrons. The minimum Gasteiger partial charge on any atom is -0.491 e. The molecule has 0 aromatic heterocycles. The Morgan fingerprint density at radius 3 is 2.36 bits per heavy atom. The van der Waals surface area contributed by atoms with Crippen LogP contribution in [0.5, 0.6) is 5.75 Å². The van der Waals surface area contributed by atoms with Crippen molar-refractivity contribution in [1.82, 2.24) is 0 Å². The topological polar surface area (TPSA) is 9.23 Å². The predicted octanol–water partition coefficient (Wildman–Crippen LogP) is 5.42. The van der Waals surface area contributed by atoms with E-state index >= 15 is 0 Å². The van der Waals surface area contributed by atoms with Crippen LogP contribution < -0.4 is 4.74 Å². The predicted molar refractivity (Wildman–Crippen MR) is 78.5 cm³/mol. The second kappa shape index (κ2) is 4.77. The molecular weight excluding hydrogens is 289 g/mol. The Balaban J connectivity index is 1.86. The second-order valence-corrected chi connectivity index (χ2v) is 5.88. The molecule has 0 heterocycles. The monoisotopic (exact) mass is 304 g/mol. The SMILES string of the molecule is CCOc1ccc2c(c1F)-c1c-2cc(C2CCC2)c(F)c1F. The summed E-state index contributed by atoms with van der Waals surface area (Å²) in [6.07, 6.45) is 2.82. The van der Waals surface area contributed by atoms with Crippen LogP contribution in [-0.2, 0) is 0 Å². The van der Waals surface area contributed by atoms with E-state index in [1.807, 2.05) is 0 Å². The molecular formula is C18H15F3O. The third kappa shape index (κ3) is 1.67. The molecule has 0 unspecified atom stereocenters. The fourth-order valence-electron chi connectivity index (χ4n) is 3.35. The molecule has 2 aliphatic rings. The molecule has 4 rings (SSSR count). The van der Waals surface area contributed by atoms with Gasteiger partial charge in [-0.2, -0.15) is 0 Å². The Labute approximate surface area is 126 Å². The summed E-state index contributed by atoms with van der Waals surface area (Å²) < 4.78 is 48.3. The standard InChI is InChI=1S/C18H15F3O/c1-2-22-13-7-6-10-12-8-11(9-4-3-5-9)16(19)18(21)15(12)14(10)17(13)20/h6-9H,2-5H2,1H3. The van der Waals surface area contributed by atoms with Gasteiger partial charge in [0.05, 0.1) is 6.61 Å². The Kier molecular flexibility index (Phi) is 2.96. The zero-order valence-corrected chi connectivity index (χ0v) is 12.2. The van der Waals surface area contributed by atoms with Crippen molar-refractivity contribution in [1.29, 1.82) is 0 Å². The Hall–Kier alpha value is -1.97. The van der Waals surface area contributed by atoms with Crippen LogP contribution in [0.1, 0.15) is 37.7 Å². The van der Waals surface area contributed by atoms with Gasteiger partial charge in [0.2, 0.25) is 0 Å². The number of fused-ring (bicyclic) bond motifs is 4. The van der Waals surface area contributed by atoms with Crippen molar-refractivity contribution in [2.45, 2.75) is 32.1 Å². The minimum atomic E-state index is -0.931. The van der Waals surface area contributed by atoms with E-state index in [1.165, 1.54) is 0 Å². The summed E-state index contributed by atoms with van der Waals surface area (Å²) in [6, 6.07) is 4.96. The van der Waals surface area contributed by atoms with Gasteiger partial charge in [0.15, 0.2) is 23.2 Å². The smallest absolute Gasteiger partial charge is 0.173 e. The van der Waals surface area contributed by atoms with E-state index in [4.69, 9.17) is 4.74 Å². The normalized spacial score (nSPS) is 15.6. The molecule has 1 fully saturated rings. The molecule has 0 atom stereocenters. The maximum absolute atomic E-state index is 14.4. The van der Waals surface area contributed by atoms with Gasteiger partial charge in [0, 0.05) is 11.1 Å². The highest BCUT2D eigenvalue weighted by atomic mass is 19.2. The molecule has 4 heteroatoms. The quantitative estimate of drug-likeness (QED) is 0.628. The van der Waals surface area contributed by atoms with Crippen molar-refractivity contribution in [3.8, 4) is 28.0 Å². The third-order valence-corrected chi connectivity index (χ3v) is 4.73. The number of benzene rings is 2. The summed E-state index contributed by atoms with van der Waals surface area (Å²) in [6.45, 7) is 2.07. The van der Waals surface area contributed by atoms with Gasteiger partial charge in [-0.1, -0.05) is 6.42 Å². The molecule has 2 aromatic carbocycles. The molecule has 2 aliphatic carbocycles. The van der Waals surface area contributed by atoms with E-state index in [-0.39, 0.29) is 22.8 Å². The third-order valence-electron chi connectivity index (χ3n) is 4.73. The van der Waals surface area contributed by atoms with Crippen LogP contribution >= 0.6 is 0 Å². The van der Waals surface area contributed by atoms with Crippen molar-refractivity contribution >= 4 is 0 Å². The summed E-state index contributed by atoms with van der Waals surface area (Å²) in [5.74, 6) is -2.19. The van der Waals surface area contributed by atoms with Gasteiger partial charge in [-0.05, 0) is 60.6 Å². The molecule has 22 heavy (non-hydrogen) atoms. The van der Waals surface area contributed by atoms with Crippen LogP contribution in [0.2, 0.25) is 0 Å². The zero-order chi connectivity index (χ0) is 15.4.